The van der Waals surface area contributed by atoms with Gasteiger partial charge >= 0.3 is 0 Å². The average molecular weight is 186 g/mol. The van der Waals surface area contributed by atoms with Crippen LogP contribution in [0.1, 0.15) is 15.9 Å². The van der Waals surface area contributed by atoms with E-state index >= 15 is 0 Å². The number of hydrogen-bond donors (Lipinski definition) is 1. The number of nitrogens with two attached hydrogens (primary N) is 1. The fourth-order valence-electron chi connectivity index (χ4n) is 1.50. The molecule has 0 unspecified atom stereocenters. The predicted molar refractivity (Wildman–Crippen MR) is 55.0 cm³/mol. The van der Waals surface area contributed by atoms with Gasteiger partial charge in [-0.25, -0.2) is 0 Å². The largest absolute Gasteiger partial charge is 0.366 e. The van der Waals surface area contributed by atoms with Crippen LogP contribution >= 0.6 is 0 Å². The van der Waals surface area contributed by atoms with Crippen molar-refractivity contribution in [1.29, 1.82) is 0 Å². The molecule has 0 bridgehead atoms. The Morgan fingerprint density at radius 3 is 2.93 bits per heavy atom. The van der Waals surface area contributed by atoms with Gasteiger partial charge in [-0.15, -0.1) is 0 Å². The van der Waals surface area contributed by atoms with Crippen LogP contribution < -0.4 is 5.73 Å². The summed E-state index contributed by atoms with van der Waals surface area (Å²) in [5, 5.41) is 1.02. The maximum atomic E-state index is 11.1. The van der Waals surface area contributed by atoms with Crippen molar-refractivity contribution >= 4 is 16.8 Å². The molecule has 0 saturated carbocycles. The summed E-state index contributed by atoms with van der Waals surface area (Å²) in [6.07, 6.45) is 1.70. The van der Waals surface area contributed by atoms with Gasteiger partial charge in [0.2, 0.25) is 5.91 Å². The topological polar surface area (TPSA) is 56.0 Å². The van der Waals surface area contributed by atoms with Crippen LogP contribution in [-0.4, -0.2) is 10.9 Å². The minimum absolute atomic E-state index is 0.407. The minimum atomic E-state index is -0.407. The number of benzene rings is 1. The average Bonchev–Trinajstić information content (AvgIpc) is 2.16. The Kier molecular flexibility index (Phi) is 1.93. The third-order valence-corrected chi connectivity index (χ3v) is 2.21. The molecule has 0 saturated heterocycles. The third-order valence-electron chi connectivity index (χ3n) is 2.21. The van der Waals surface area contributed by atoms with E-state index < -0.39 is 5.91 Å². The maximum Gasteiger partial charge on any atom is 0.249 e. The highest BCUT2D eigenvalue weighted by Crippen LogP contribution is 2.17. The highest BCUT2D eigenvalue weighted by molar-refractivity contribution is 5.98. The van der Waals surface area contributed by atoms with Gasteiger partial charge in [0.25, 0.3) is 0 Å². The second-order valence-corrected chi connectivity index (χ2v) is 3.23. The monoisotopic (exact) mass is 186 g/mol. The van der Waals surface area contributed by atoms with E-state index in [-0.39, 0.29) is 0 Å². The van der Waals surface area contributed by atoms with Crippen molar-refractivity contribution in [2.24, 2.45) is 5.73 Å². The fourth-order valence-corrected chi connectivity index (χ4v) is 1.50. The molecule has 3 nitrogen and oxygen atoms in total. The van der Waals surface area contributed by atoms with Crippen molar-refractivity contribution in [1.82, 2.24) is 4.98 Å². The maximum absolute atomic E-state index is 11.1. The van der Waals surface area contributed by atoms with Crippen molar-refractivity contribution in [3.63, 3.8) is 0 Å². The fraction of sp³-hybridized carbons (Fsp3) is 0.0909. The Morgan fingerprint density at radius 1 is 1.43 bits per heavy atom. The Morgan fingerprint density at radius 2 is 2.21 bits per heavy atom. The molecule has 0 spiro atoms. The number of carbonyl (C=O) groups is 1. The van der Waals surface area contributed by atoms with Crippen LogP contribution in [0.25, 0.3) is 10.9 Å². The van der Waals surface area contributed by atoms with E-state index in [0.717, 1.165) is 16.5 Å². The number of rotatable bonds is 1. The summed E-state index contributed by atoms with van der Waals surface area (Å²) >= 11 is 0. The highest BCUT2D eigenvalue weighted by Gasteiger charge is 2.06. The highest BCUT2D eigenvalue weighted by atomic mass is 16.1. The molecule has 1 amide bonds. The van der Waals surface area contributed by atoms with E-state index in [9.17, 15) is 4.79 Å². The molecule has 1 heterocycles. The third kappa shape index (κ3) is 1.33. The molecule has 0 atom stereocenters. The lowest BCUT2D eigenvalue weighted by Crippen LogP contribution is -2.12. The number of hydrogen-bond acceptors (Lipinski definition) is 2. The van der Waals surface area contributed by atoms with Gasteiger partial charge in [-0.1, -0.05) is 6.07 Å². The molecule has 1 aromatic carbocycles. The van der Waals surface area contributed by atoms with Gasteiger partial charge < -0.3 is 5.73 Å². The molecular weight excluding hydrogens is 176 g/mol. The number of nitrogens with zero attached hydrogens (tertiary/aromatic N) is 1. The zero-order valence-electron chi connectivity index (χ0n) is 7.82. The van der Waals surface area contributed by atoms with Crippen LogP contribution in [0.3, 0.4) is 0 Å². The van der Waals surface area contributed by atoms with Crippen molar-refractivity contribution < 1.29 is 4.79 Å². The molecule has 0 aliphatic rings. The van der Waals surface area contributed by atoms with Crippen LogP contribution in [0.15, 0.2) is 30.5 Å². The zero-order valence-corrected chi connectivity index (χ0v) is 7.82. The van der Waals surface area contributed by atoms with E-state index in [1.54, 1.807) is 12.3 Å². The van der Waals surface area contributed by atoms with E-state index in [2.05, 4.69) is 4.98 Å². The van der Waals surface area contributed by atoms with Crippen molar-refractivity contribution in [2.45, 2.75) is 6.92 Å². The lowest BCUT2D eigenvalue weighted by Gasteiger charge is -2.03. The smallest absolute Gasteiger partial charge is 0.249 e. The van der Waals surface area contributed by atoms with E-state index in [4.69, 9.17) is 5.73 Å². The van der Waals surface area contributed by atoms with Gasteiger partial charge in [-0.3, -0.25) is 9.78 Å². The van der Waals surface area contributed by atoms with Crippen molar-refractivity contribution in [3.8, 4) is 0 Å². The molecule has 2 aromatic rings. The van der Waals surface area contributed by atoms with Crippen LogP contribution in [0, 0.1) is 6.92 Å². The summed E-state index contributed by atoms with van der Waals surface area (Å²) < 4.78 is 0. The molecule has 70 valence electrons. The quantitative estimate of drug-likeness (QED) is 0.736. The summed E-state index contributed by atoms with van der Waals surface area (Å²) in [5.74, 6) is -0.407. The normalized spacial score (nSPS) is 10.4. The standard InChI is InChI=1S/C11H10N2O/c1-7-5-8-3-2-4-13-10(8)6-9(7)11(12)14/h2-6H,1H3,(H2,12,14). The lowest BCUT2D eigenvalue weighted by atomic mass is 10.0. The minimum Gasteiger partial charge on any atom is -0.366 e. The summed E-state index contributed by atoms with van der Waals surface area (Å²) in [6.45, 7) is 1.87. The first kappa shape index (κ1) is 8.69. The van der Waals surface area contributed by atoms with Crippen LogP contribution in [-0.2, 0) is 0 Å². The van der Waals surface area contributed by atoms with Gasteiger partial charge in [0.1, 0.15) is 0 Å². The van der Waals surface area contributed by atoms with Gasteiger partial charge in [0.15, 0.2) is 0 Å². The summed E-state index contributed by atoms with van der Waals surface area (Å²) in [4.78, 5) is 15.2. The molecule has 2 rings (SSSR count). The second kappa shape index (κ2) is 3.10. The van der Waals surface area contributed by atoms with E-state index in [1.807, 2.05) is 25.1 Å². The van der Waals surface area contributed by atoms with Crippen LogP contribution in [0.4, 0.5) is 0 Å². The molecule has 0 radical (unpaired) electrons. The first-order chi connectivity index (χ1) is 6.68. The molecule has 2 N–H and O–H groups in total. The Balaban J connectivity index is 2.77. The molecule has 3 heteroatoms. The van der Waals surface area contributed by atoms with Crippen LogP contribution in [0.2, 0.25) is 0 Å². The number of amides is 1. The number of primary amides is 1. The van der Waals surface area contributed by atoms with E-state index in [1.165, 1.54) is 0 Å². The second-order valence-electron chi connectivity index (χ2n) is 3.23. The van der Waals surface area contributed by atoms with Gasteiger partial charge in [0.05, 0.1) is 5.52 Å². The summed E-state index contributed by atoms with van der Waals surface area (Å²) in [7, 11) is 0. The number of aryl methyl sites for hydroxylation is 1. The number of carbonyl (C=O) groups excluding carboxylic acids is 1. The number of fused-ring (bicyclic) bond motifs is 1. The summed E-state index contributed by atoms with van der Waals surface area (Å²) in [5.41, 5.74) is 7.46. The molecular formula is C11H10N2O. The Labute approximate surface area is 81.6 Å². The van der Waals surface area contributed by atoms with Crippen molar-refractivity contribution in [2.75, 3.05) is 0 Å². The van der Waals surface area contributed by atoms with Gasteiger partial charge in [-0.2, -0.15) is 0 Å². The van der Waals surface area contributed by atoms with Crippen LogP contribution in [0.5, 0.6) is 0 Å². The molecule has 1 aromatic heterocycles. The van der Waals surface area contributed by atoms with Gasteiger partial charge in [0, 0.05) is 17.1 Å². The number of pyridine rings is 1. The molecule has 14 heavy (non-hydrogen) atoms. The lowest BCUT2D eigenvalue weighted by molar-refractivity contribution is 0.1000. The van der Waals surface area contributed by atoms with E-state index in [0.29, 0.717) is 5.56 Å². The molecule has 0 aliphatic carbocycles. The first-order valence-corrected chi connectivity index (χ1v) is 4.33. The zero-order chi connectivity index (χ0) is 10.1. The SMILES string of the molecule is Cc1cc2cccnc2cc1C(N)=O. The predicted octanol–water partition coefficient (Wildman–Crippen LogP) is 1.64. The summed E-state index contributed by atoms with van der Waals surface area (Å²) in [6, 6.07) is 7.47. The Hall–Kier alpha value is -1.90. The Bertz CT molecular complexity index is 506. The van der Waals surface area contributed by atoms with Crippen molar-refractivity contribution in [3.05, 3.63) is 41.6 Å². The molecule has 0 aliphatic heterocycles. The molecule has 0 fully saturated rings. The number of aromatic nitrogens is 1. The first-order valence-electron chi connectivity index (χ1n) is 4.33. The van der Waals surface area contributed by atoms with Gasteiger partial charge in [-0.05, 0) is 30.7 Å².